The molecule has 0 heterocycles. The maximum atomic E-state index is 12.1. The van der Waals surface area contributed by atoms with Crippen LogP contribution in [0.15, 0.2) is 121 Å². The van der Waals surface area contributed by atoms with Crippen molar-refractivity contribution in [2.45, 2.75) is 25.6 Å². The fourth-order valence-corrected chi connectivity index (χ4v) is 5.82. The molecule has 0 fully saturated rings. The molecule has 1 aliphatic carbocycles. The van der Waals surface area contributed by atoms with Gasteiger partial charge in [-0.15, -0.1) is 0 Å². The highest BCUT2D eigenvalue weighted by Gasteiger charge is 2.24. The third-order valence-corrected chi connectivity index (χ3v) is 8.21. The van der Waals surface area contributed by atoms with E-state index in [0.29, 0.717) is 26.2 Å². The third kappa shape index (κ3) is 7.28. The van der Waals surface area contributed by atoms with E-state index >= 15 is 0 Å². The predicted octanol–water partition coefficient (Wildman–Crippen LogP) is 8.81. The molecule has 0 aromatic heterocycles. The molecule has 0 aliphatic heterocycles. The molecule has 0 radical (unpaired) electrons. The number of esters is 1. The fraction of sp³-hybridized carbons (Fsp3) is 0.195. The number of carbonyl (C=O) groups is 1. The number of methoxy groups -OCH3 is 1. The summed E-state index contributed by atoms with van der Waals surface area (Å²) in [6, 6.07) is 41.8. The summed E-state index contributed by atoms with van der Waals surface area (Å²) in [5.41, 5.74) is 10.2. The topological polar surface area (TPSA) is 54.0 Å². The Kier molecular flexibility index (Phi) is 10.0. The monoisotopic (exact) mass is 610 g/mol. The van der Waals surface area contributed by atoms with Gasteiger partial charge in [-0.3, -0.25) is 0 Å². The van der Waals surface area contributed by atoms with Crippen molar-refractivity contribution in [3.05, 3.63) is 149 Å². The minimum absolute atomic E-state index is 0.255. The fourth-order valence-electron chi connectivity index (χ4n) is 5.82. The highest BCUT2D eigenvalue weighted by molar-refractivity contribution is 5.81. The zero-order valence-corrected chi connectivity index (χ0v) is 26.2. The Balaban J connectivity index is 1.19. The molecule has 0 spiro atoms. The number of benzene rings is 5. The Morgan fingerprint density at radius 2 is 1.24 bits per heavy atom. The summed E-state index contributed by atoms with van der Waals surface area (Å²) in [4.78, 5) is 12.1. The van der Waals surface area contributed by atoms with E-state index in [4.69, 9.17) is 18.9 Å². The molecule has 1 atom stereocenters. The molecule has 5 heteroatoms. The largest absolute Gasteiger partial charge is 0.491 e. The summed E-state index contributed by atoms with van der Waals surface area (Å²) < 4.78 is 23.1. The van der Waals surface area contributed by atoms with Gasteiger partial charge in [-0.05, 0) is 81.3 Å². The van der Waals surface area contributed by atoms with Crippen molar-refractivity contribution in [1.29, 1.82) is 0 Å². The van der Waals surface area contributed by atoms with Crippen molar-refractivity contribution >= 4 is 18.1 Å². The van der Waals surface area contributed by atoms with Gasteiger partial charge in [0.1, 0.15) is 18.5 Å². The van der Waals surface area contributed by atoms with E-state index in [9.17, 15) is 4.79 Å². The van der Waals surface area contributed by atoms with Crippen LogP contribution in [0.25, 0.3) is 34.4 Å². The van der Waals surface area contributed by atoms with Gasteiger partial charge in [-0.2, -0.15) is 0 Å². The van der Waals surface area contributed by atoms with Crippen LogP contribution in [0.5, 0.6) is 5.75 Å². The minimum Gasteiger partial charge on any atom is -0.491 e. The van der Waals surface area contributed by atoms with Gasteiger partial charge in [0.2, 0.25) is 0 Å². The molecule has 5 nitrogen and oxygen atoms in total. The molecule has 1 unspecified atom stereocenters. The van der Waals surface area contributed by atoms with Crippen molar-refractivity contribution in [3.8, 4) is 28.0 Å². The molecule has 5 aromatic carbocycles. The molecule has 232 valence electrons. The highest BCUT2D eigenvalue weighted by atomic mass is 16.6. The summed E-state index contributed by atoms with van der Waals surface area (Å²) in [7, 11) is 1.52. The number of ether oxygens (including phenoxy) is 4. The zero-order valence-electron chi connectivity index (χ0n) is 26.2. The SMILES string of the molecule is CCOC(=O)C(Cc1ccc(OCCOC2c3ccc(-c4ccccc4)cc3C=Cc3cc(-c4ccccc4)ccc32)cc1)OC. The normalized spacial score (nSPS) is 12.9. The lowest BCUT2D eigenvalue weighted by Gasteiger charge is -2.22. The Hall–Kier alpha value is -4.97. The molecule has 0 saturated heterocycles. The Labute approximate surface area is 271 Å². The summed E-state index contributed by atoms with van der Waals surface area (Å²) >= 11 is 0. The van der Waals surface area contributed by atoms with Crippen LogP contribution in [-0.2, 0) is 25.4 Å². The molecular formula is C41H38O5. The number of rotatable bonds is 12. The lowest BCUT2D eigenvalue weighted by Crippen LogP contribution is -2.27. The lowest BCUT2D eigenvalue weighted by molar-refractivity contribution is -0.154. The van der Waals surface area contributed by atoms with E-state index in [2.05, 4.69) is 97.1 Å². The zero-order chi connectivity index (χ0) is 31.7. The van der Waals surface area contributed by atoms with Gasteiger partial charge in [0.25, 0.3) is 0 Å². The Morgan fingerprint density at radius 1 is 0.674 bits per heavy atom. The minimum atomic E-state index is -0.632. The molecule has 1 aliphatic rings. The second-order valence-electron chi connectivity index (χ2n) is 11.2. The second-order valence-corrected chi connectivity index (χ2v) is 11.2. The molecule has 6 rings (SSSR count). The van der Waals surface area contributed by atoms with Crippen LogP contribution < -0.4 is 4.74 Å². The highest BCUT2D eigenvalue weighted by Crippen LogP contribution is 2.39. The van der Waals surface area contributed by atoms with Crippen LogP contribution in [0.2, 0.25) is 0 Å². The average molecular weight is 611 g/mol. The average Bonchev–Trinajstić information content (AvgIpc) is 3.26. The molecule has 5 aromatic rings. The first kappa shape index (κ1) is 31.0. The number of fused-ring (bicyclic) bond motifs is 2. The summed E-state index contributed by atoms with van der Waals surface area (Å²) in [5.74, 6) is 0.382. The first-order valence-electron chi connectivity index (χ1n) is 15.7. The first-order chi connectivity index (χ1) is 22.6. The predicted molar refractivity (Wildman–Crippen MR) is 184 cm³/mol. The molecule has 0 N–H and O–H groups in total. The van der Waals surface area contributed by atoms with Crippen molar-refractivity contribution in [1.82, 2.24) is 0 Å². The standard InChI is InChI=1S/C41H38O5/c1-3-44-41(42)39(43-2)26-29-14-20-36(21-15-29)45-24-25-46-40-37-22-18-32(30-10-6-4-7-11-30)27-34(37)16-17-35-28-33(19-23-38(35)40)31-12-8-5-9-13-31/h4-23,27-28,39-40H,3,24-26H2,1-2H3. The van der Waals surface area contributed by atoms with Gasteiger partial charge in [-0.25, -0.2) is 4.79 Å². The molecule has 0 amide bonds. The molecular weight excluding hydrogens is 572 g/mol. The number of carbonyl (C=O) groups excluding carboxylic acids is 1. The van der Waals surface area contributed by atoms with Crippen LogP contribution in [0.4, 0.5) is 0 Å². The van der Waals surface area contributed by atoms with Crippen molar-refractivity contribution in [2.24, 2.45) is 0 Å². The van der Waals surface area contributed by atoms with Gasteiger partial charge in [0, 0.05) is 13.5 Å². The van der Waals surface area contributed by atoms with Gasteiger partial charge in [-0.1, -0.05) is 109 Å². The van der Waals surface area contributed by atoms with Crippen LogP contribution >= 0.6 is 0 Å². The van der Waals surface area contributed by atoms with Gasteiger partial charge < -0.3 is 18.9 Å². The van der Waals surface area contributed by atoms with E-state index in [1.54, 1.807) is 6.92 Å². The number of hydrogen-bond donors (Lipinski definition) is 0. The summed E-state index contributed by atoms with van der Waals surface area (Å²) in [6.07, 6.45) is 3.95. The van der Waals surface area contributed by atoms with Gasteiger partial charge >= 0.3 is 5.97 Å². The van der Waals surface area contributed by atoms with E-state index in [1.165, 1.54) is 29.4 Å². The van der Waals surface area contributed by atoms with E-state index in [1.807, 2.05) is 36.4 Å². The van der Waals surface area contributed by atoms with Crippen LogP contribution in [-0.4, -0.2) is 39.0 Å². The van der Waals surface area contributed by atoms with Crippen LogP contribution in [0.3, 0.4) is 0 Å². The quantitative estimate of drug-likeness (QED) is 0.104. The van der Waals surface area contributed by atoms with E-state index in [0.717, 1.165) is 33.6 Å². The molecule has 46 heavy (non-hydrogen) atoms. The smallest absolute Gasteiger partial charge is 0.335 e. The third-order valence-electron chi connectivity index (χ3n) is 8.21. The maximum Gasteiger partial charge on any atom is 0.335 e. The molecule has 0 bridgehead atoms. The number of hydrogen-bond acceptors (Lipinski definition) is 5. The second kappa shape index (κ2) is 14.9. The van der Waals surface area contributed by atoms with Gasteiger partial charge in [0.05, 0.1) is 13.2 Å². The Morgan fingerprint density at radius 3 is 1.76 bits per heavy atom. The van der Waals surface area contributed by atoms with E-state index in [-0.39, 0.29) is 12.1 Å². The summed E-state index contributed by atoms with van der Waals surface area (Å²) in [6.45, 7) is 2.90. The summed E-state index contributed by atoms with van der Waals surface area (Å²) in [5, 5.41) is 0. The lowest BCUT2D eigenvalue weighted by atomic mass is 9.92. The van der Waals surface area contributed by atoms with Crippen molar-refractivity contribution in [2.75, 3.05) is 26.9 Å². The molecule has 0 saturated carbocycles. The van der Waals surface area contributed by atoms with Crippen LogP contribution in [0.1, 0.15) is 40.8 Å². The van der Waals surface area contributed by atoms with Crippen molar-refractivity contribution in [3.63, 3.8) is 0 Å². The maximum absolute atomic E-state index is 12.1. The van der Waals surface area contributed by atoms with E-state index < -0.39 is 6.10 Å². The van der Waals surface area contributed by atoms with Gasteiger partial charge in [0.15, 0.2) is 6.10 Å². The van der Waals surface area contributed by atoms with Crippen LogP contribution in [0, 0.1) is 0 Å². The Bertz CT molecular complexity index is 1680. The van der Waals surface area contributed by atoms with Crippen molar-refractivity contribution < 1.29 is 23.7 Å². The first-order valence-corrected chi connectivity index (χ1v) is 15.7.